The first-order valence-corrected chi connectivity index (χ1v) is 8.90. The summed E-state index contributed by atoms with van der Waals surface area (Å²) in [5.74, 6) is 0. The number of H-pyrrole nitrogens is 1. The molecule has 1 aliphatic heterocycles. The minimum atomic E-state index is -4.70. The second-order valence-electron chi connectivity index (χ2n) is 6.11. The summed E-state index contributed by atoms with van der Waals surface area (Å²) in [6.07, 6.45) is -2.95. The smallest absolute Gasteiger partial charge is 0.371 e. The molecule has 136 valence electrons. The second kappa shape index (κ2) is 6.01. The van der Waals surface area contributed by atoms with Gasteiger partial charge in [0, 0.05) is 18.8 Å². The van der Waals surface area contributed by atoms with Gasteiger partial charge in [0.05, 0.1) is 15.8 Å². The Labute approximate surface area is 150 Å². The summed E-state index contributed by atoms with van der Waals surface area (Å²) in [6.45, 7) is 4.97. The average molecular weight is 380 g/mol. The Bertz CT molecular complexity index is 1010. The first-order chi connectivity index (χ1) is 12.4. The van der Waals surface area contributed by atoms with Crippen LogP contribution >= 0.6 is 11.3 Å². The Kier molecular flexibility index (Phi) is 3.91. The van der Waals surface area contributed by atoms with E-state index in [-0.39, 0.29) is 10.8 Å². The summed E-state index contributed by atoms with van der Waals surface area (Å²) >= 11 is 1.15. The first-order valence-electron chi connectivity index (χ1n) is 8.08. The van der Waals surface area contributed by atoms with Gasteiger partial charge < -0.3 is 4.90 Å². The van der Waals surface area contributed by atoms with E-state index in [1.807, 2.05) is 6.07 Å². The third-order valence-electron chi connectivity index (χ3n) is 4.42. The molecular weight excluding hydrogens is 365 g/mol. The van der Waals surface area contributed by atoms with Crippen LogP contribution in [0.15, 0.2) is 35.6 Å². The van der Waals surface area contributed by atoms with Crippen molar-refractivity contribution in [3.05, 3.63) is 52.5 Å². The number of halogens is 3. The lowest BCUT2D eigenvalue weighted by Gasteiger charge is -2.20. The molecule has 0 amide bonds. The summed E-state index contributed by atoms with van der Waals surface area (Å²) in [4.78, 5) is 18.8. The van der Waals surface area contributed by atoms with Crippen molar-refractivity contribution in [2.45, 2.75) is 19.0 Å². The van der Waals surface area contributed by atoms with Crippen molar-refractivity contribution in [2.24, 2.45) is 0 Å². The number of para-hydroxylation sites is 1. The molecule has 0 aliphatic carbocycles. The molecule has 9 heteroatoms. The predicted octanol–water partition coefficient (Wildman–Crippen LogP) is 3.86. The molecule has 4 rings (SSSR count). The molecule has 1 fully saturated rings. The number of benzene rings is 1. The van der Waals surface area contributed by atoms with Crippen LogP contribution in [0.3, 0.4) is 0 Å². The lowest BCUT2D eigenvalue weighted by atomic mass is 10.1. The van der Waals surface area contributed by atoms with Crippen LogP contribution in [0.4, 0.5) is 13.2 Å². The van der Waals surface area contributed by atoms with Gasteiger partial charge in [0.2, 0.25) is 5.13 Å². The maximum Gasteiger partial charge on any atom is 0.433 e. The van der Waals surface area contributed by atoms with Crippen LogP contribution in [0.1, 0.15) is 24.1 Å². The quantitative estimate of drug-likeness (QED) is 0.751. The van der Waals surface area contributed by atoms with E-state index >= 15 is 0 Å². The summed E-state index contributed by atoms with van der Waals surface area (Å²) in [7, 11) is 0. The fourth-order valence-corrected chi connectivity index (χ4v) is 4.07. The van der Waals surface area contributed by atoms with Crippen LogP contribution in [0, 0.1) is 0 Å². The zero-order valence-electron chi connectivity index (χ0n) is 13.6. The fourth-order valence-electron chi connectivity index (χ4n) is 3.15. The number of likely N-dealkylation sites (tertiary alicyclic amines) is 1. The molecule has 1 saturated heterocycles. The topological polar surface area (TPSA) is 53.9 Å². The number of aromatic nitrogens is 3. The standard InChI is InChI=1S/C17H15F3N4OS/c1-10(23-8-4-5-9-23)13-14(17(18,19)20)22-24(15(13)25)16-21-11-6-2-3-7-12(11)26-16/h2-3,6-7,22H,1,4-5,8-9H2. The molecule has 0 saturated carbocycles. The summed E-state index contributed by atoms with van der Waals surface area (Å²) in [5.41, 5.74) is -1.57. The highest BCUT2D eigenvalue weighted by atomic mass is 32.1. The first kappa shape index (κ1) is 16.9. The van der Waals surface area contributed by atoms with Crippen LogP contribution in [-0.2, 0) is 6.18 Å². The van der Waals surface area contributed by atoms with Crippen LogP contribution in [-0.4, -0.2) is 32.8 Å². The number of rotatable bonds is 3. The molecule has 3 heterocycles. The second-order valence-corrected chi connectivity index (χ2v) is 7.11. The molecule has 0 radical (unpaired) electrons. The average Bonchev–Trinajstić information content (AvgIpc) is 3.31. The molecule has 0 bridgehead atoms. The van der Waals surface area contributed by atoms with E-state index < -0.39 is 23.0 Å². The number of nitrogens with one attached hydrogen (secondary N) is 1. The number of hydrogen-bond donors (Lipinski definition) is 1. The van der Waals surface area contributed by atoms with Gasteiger partial charge >= 0.3 is 6.18 Å². The van der Waals surface area contributed by atoms with Crippen LogP contribution in [0.2, 0.25) is 0 Å². The lowest BCUT2D eigenvalue weighted by Crippen LogP contribution is -2.24. The van der Waals surface area contributed by atoms with Crippen molar-refractivity contribution in [1.29, 1.82) is 0 Å². The Morgan fingerprint density at radius 1 is 1.23 bits per heavy atom. The maximum absolute atomic E-state index is 13.5. The van der Waals surface area contributed by atoms with Gasteiger partial charge in [-0.1, -0.05) is 30.0 Å². The Hall–Kier alpha value is -2.55. The van der Waals surface area contributed by atoms with Crippen LogP contribution in [0.25, 0.3) is 21.0 Å². The van der Waals surface area contributed by atoms with Gasteiger partial charge in [-0.3, -0.25) is 9.89 Å². The summed E-state index contributed by atoms with van der Waals surface area (Å²) in [5, 5.41) is 2.38. The van der Waals surface area contributed by atoms with Gasteiger partial charge in [-0.15, -0.1) is 0 Å². The van der Waals surface area contributed by atoms with Crippen molar-refractivity contribution < 1.29 is 13.2 Å². The van der Waals surface area contributed by atoms with Crippen molar-refractivity contribution >= 4 is 27.3 Å². The van der Waals surface area contributed by atoms with Crippen molar-refractivity contribution in [2.75, 3.05) is 13.1 Å². The van der Waals surface area contributed by atoms with E-state index in [0.29, 0.717) is 18.6 Å². The van der Waals surface area contributed by atoms with Crippen molar-refractivity contribution in [1.82, 2.24) is 19.7 Å². The number of hydrogen-bond acceptors (Lipinski definition) is 4. The molecule has 26 heavy (non-hydrogen) atoms. The number of aromatic amines is 1. The highest BCUT2D eigenvalue weighted by Gasteiger charge is 2.40. The van der Waals surface area contributed by atoms with E-state index in [1.165, 1.54) is 0 Å². The molecule has 1 aliphatic rings. The Balaban J connectivity index is 1.88. The molecule has 2 aromatic heterocycles. The van der Waals surface area contributed by atoms with Gasteiger partial charge in [0.1, 0.15) is 0 Å². The zero-order valence-corrected chi connectivity index (χ0v) is 14.5. The molecule has 1 aromatic carbocycles. The van der Waals surface area contributed by atoms with Crippen molar-refractivity contribution in [3.8, 4) is 5.13 Å². The highest BCUT2D eigenvalue weighted by molar-refractivity contribution is 7.20. The molecule has 0 spiro atoms. The largest absolute Gasteiger partial charge is 0.433 e. The Morgan fingerprint density at radius 3 is 2.58 bits per heavy atom. The van der Waals surface area contributed by atoms with Crippen LogP contribution in [0.5, 0.6) is 0 Å². The number of fused-ring (bicyclic) bond motifs is 1. The highest BCUT2D eigenvalue weighted by Crippen LogP contribution is 2.34. The van der Waals surface area contributed by atoms with E-state index in [0.717, 1.165) is 33.6 Å². The third kappa shape index (κ3) is 2.72. The predicted molar refractivity (Wildman–Crippen MR) is 94.4 cm³/mol. The van der Waals surface area contributed by atoms with Gasteiger partial charge in [0.25, 0.3) is 5.56 Å². The van der Waals surface area contributed by atoms with Gasteiger partial charge in [-0.05, 0) is 25.0 Å². The number of thiazole rings is 1. The molecule has 0 atom stereocenters. The summed E-state index contributed by atoms with van der Waals surface area (Å²) in [6, 6.07) is 7.14. The van der Waals surface area contributed by atoms with Gasteiger partial charge in [0.15, 0.2) is 5.69 Å². The molecule has 5 nitrogen and oxygen atoms in total. The molecule has 3 aromatic rings. The fraction of sp³-hybridized carbons (Fsp3) is 0.294. The molecule has 1 N–H and O–H groups in total. The third-order valence-corrected chi connectivity index (χ3v) is 5.45. The number of alkyl halides is 3. The van der Waals surface area contributed by atoms with E-state index in [2.05, 4.69) is 16.7 Å². The summed E-state index contributed by atoms with van der Waals surface area (Å²) < 4.78 is 42.3. The Morgan fingerprint density at radius 2 is 1.92 bits per heavy atom. The van der Waals surface area contributed by atoms with Crippen molar-refractivity contribution in [3.63, 3.8) is 0 Å². The molecule has 0 unspecified atom stereocenters. The maximum atomic E-state index is 13.5. The van der Waals surface area contributed by atoms with E-state index in [9.17, 15) is 18.0 Å². The minimum absolute atomic E-state index is 0.107. The SMILES string of the molecule is C=C(c1c(C(F)(F)F)[nH]n(-c2nc3ccccc3s2)c1=O)N1CCCC1. The zero-order chi connectivity index (χ0) is 18.5. The van der Waals surface area contributed by atoms with Gasteiger partial charge in [-0.2, -0.15) is 17.9 Å². The lowest BCUT2D eigenvalue weighted by molar-refractivity contribution is -0.141. The number of nitrogens with zero attached hydrogens (tertiary/aromatic N) is 3. The van der Waals surface area contributed by atoms with Gasteiger partial charge in [-0.25, -0.2) is 4.98 Å². The molecular formula is C17H15F3N4OS. The van der Waals surface area contributed by atoms with Crippen LogP contribution < -0.4 is 5.56 Å². The van der Waals surface area contributed by atoms with E-state index in [1.54, 1.807) is 23.1 Å². The monoisotopic (exact) mass is 380 g/mol. The van der Waals surface area contributed by atoms with E-state index in [4.69, 9.17) is 0 Å². The normalized spacial score (nSPS) is 15.1. The minimum Gasteiger partial charge on any atom is -0.371 e.